The molecular formula is C14H14F3N3O. The van der Waals surface area contributed by atoms with Crippen LogP contribution in [0.3, 0.4) is 0 Å². The number of piperidine rings is 1. The number of rotatable bonds is 3. The predicted octanol–water partition coefficient (Wildman–Crippen LogP) is 2.70. The third-order valence-corrected chi connectivity index (χ3v) is 3.57. The predicted molar refractivity (Wildman–Crippen MR) is 68.9 cm³/mol. The fourth-order valence-electron chi connectivity index (χ4n) is 2.48. The lowest BCUT2D eigenvalue weighted by molar-refractivity contribution is 0.316. The maximum atomic E-state index is 13.2. The van der Waals surface area contributed by atoms with Gasteiger partial charge in [0.25, 0.3) is 0 Å². The fourth-order valence-corrected chi connectivity index (χ4v) is 2.48. The van der Waals surface area contributed by atoms with E-state index in [1.807, 2.05) is 0 Å². The Kier molecular flexibility index (Phi) is 3.92. The Morgan fingerprint density at radius 3 is 2.67 bits per heavy atom. The maximum absolute atomic E-state index is 13.2. The summed E-state index contributed by atoms with van der Waals surface area (Å²) in [6, 6.07) is 1.71. The average Bonchev–Trinajstić information content (AvgIpc) is 2.94. The van der Waals surface area contributed by atoms with Crippen molar-refractivity contribution in [3.63, 3.8) is 0 Å². The van der Waals surface area contributed by atoms with Gasteiger partial charge in [0.2, 0.25) is 11.7 Å². The number of nitrogens with zero attached hydrogens (tertiary/aromatic N) is 2. The molecule has 1 saturated heterocycles. The molecule has 7 heteroatoms. The van der Waals surface area contributed by atoms with Crippen LogP contribution in [0.5, 0.6) is 0 Å². The molecular weight excluding hydrogens is 283 g/mol. The van der Waals surface area contributed by atoms with Crippen LogP contribution in [0.1, 0.15) is 18.7 Å². The topological polar surface area (TPSA) is 51.0 Å². The van der Waals surface area contributed by atoms with Crippen LogP contribution < -0.4 is 5.32 Å². The maximum Gasteiger partial charge on any atom is 0.227 e. The Balaban J connectivity index is 1.78. The molecule has 3 rings (SSSR count). The van der Waals surface area contributed by atoms with Crippen molar-refractivity contribution in [2.45, 2.75) is 19.3 Å². The molecule has 2 heterocycles. The van der Waals surface area contributed by atoms with Gasteiger partial charge < -0.3 is 9.84 Å². The minimum absolute atomic E-state index is 0.0585. The van der Waals surface area contributed by atoms with E-state index in [1.165, 1.54) is 0 Å². The molecule has 1 aliphatic rings. The van der Waals surface area contributed by atoms with Crippen molar-refractivity contribution in [2.24, 2.45) is 5.92 Å². The Labute approximate surface area is 119 Å². The molecule has 1 fully saturated rings. The van der Waals surface area contributed by atoms with E-state index in [0.717, 1.165) is 38.1 Å². The van der Waals surface area contributed by atoms with Crippen molar-refractivity contribution < 1.29 is 17.7 Å². The second-order valence-electron chi connectivity index (χ2n) is 5.18. The van der Waals surface area contributed by atoms with Crippen molar-refractivity contribution in [3.05, 3.63) is 35.5 Å². The normalized spacial score (nSPS) is 18.9. The van der Waals surface area contributed by atoms with Crippen LogP contribution in [0.25, 0.3) is 11.4 Å². The van der Waals surface area contributed by atoms with Crippen LogP contribution in [-0.2, 0) is 6.42 Å². The highest BCUT2D eigenvalue weighted by Crippen LogP contribution is 2.23. The lowest BCUT2D eigenvalue weighted by Gasteiger charge is -2.20. The number of hydrogen-bond acceptors (Lipinski definition) is 4. The molecule has 0 amide bonds. The summed E-state index contributed by atoms with van der Waals surface area (Å²) >= 11 is 0. The molecule has 1 aromatic heterocycles. The largest absolute Gasteiger partial charge is 0.339 e. The molecule has 21 heavy (non-hydrogen) atoms. The number of halogens is 3. The third-order valence-electron chi connectivity index (χ3n) is 3.57. The molecule has 0 saturated carbocycles. The first kappa shape index (κ1) is 14.1. The first-order valence-electron chi connectivity index (χ1n) is 6.81. The second kappa shape index (κ2) is 5.85. The molecule has 0 radical (unpaired) electrons. The van der Waals surface area contributed by atoms with Crippen molar-refractivity contribution in [1.82, 2.24) is 15.5 Å². The van der Waals surface area contributed by atoms with Gasteiger partial charge >= 0.3 is 0 Å². The molecule has 0 aliphatic carbocycles. The summed E-state index contributed by atoms with van der Waals surface area (Å²) in [4.78, 5) is 4.13. The van der Waals surface area contributed by atoms with E-state index in [0.29, 0.717) is 18.2 Å². The Morgan fingerprint density at radius 1 is 1.24 bits per heavy atom. The van der Waals surface area contributed by atoms with Gasteiger partial charge in [0.1, 0.15) is 0 Å². The number of nitrogens with one attached hydrogen (secondary N) is 1. The highest BCUT2D eigenvalue weighted by Gasteiger charge is 2.19. The van der Waals surface area contributed by atoms with Gasteiger partial charge in [0, 0.05) is 12.0 Å². The van der Waals surface area contributed by atoms with Gasteiger partial charge in [-0.25, -0.2) is 13.2 Å². The highest BCUT2D eigenvalue weighted by molar-refractivity contribution is 5.54. The standard InChI is InChI=1S/C14H14F3N3O/c15-10-5-9(6-11(16)13(10)17)14-19-12(21-20-14)4-8-2-1-3-18-7-8/h5-6,8,18H,1-4,7H2. The number of hydrogen-bond donors (Lipinski definition) is 1. The van der Waals surface area contributed by atoms with Crippen LogP contribution in [-0.4, -0.2) is 23.2 Å². The van der Waals surface area contributed by atoms with Crippen molar-refractivity contribution in [3.8, 4) is 11.4 Å². The van der Waals surface area contributed by atoms with E-state index in [1.54, 1.807) is 0 Å². The highest BCUT2D eigenvalue weighted by atomic mass is 19.2. The van der Waals surface area contributed by atoms with Gasteiger partial charge in [-0.05, 0) is 44.0 Å². The number of aromatic nitrogens is 2. The molecule has 1 aliphatic heterocycles. The summed E-state index contributed by atoms with van der Waals surface area (Å²) < 4.78 is 44.4. The van der Waals surface area contributed by atoms with Crippen LogP contribution >= 0.6 is 0 Å². The van der Waals surface area contributed by atoms with E-state index >= 15 is 0 Å². The zero-order chi connectivity index (χ0) is 14.8. The van der Waals surface area contributed by atoms with E-state index in [-0.39, 0.29) is 11.4 Å². The quantitative estimate of drug-likeness (QED) is 0.885. The fraction of sp³-hybridized carbons (Fsp3) is 0.429. The van der Waals surface area contributed by atoms with Gasteiger partial charge in [0.05, 0.1) is 0 Å². The van der Waals surface area contributed by atoms with Gasteiger partial charge in [-0.3, -0.25) is 0 Å². The number of benzene rings is 1. The van der Waals surface area contributed by atoms with Crippen LogP contribution in [0.2, 0.25) is 0 Å². The Bertz CT molecular complexity index is 615. The summed E-state index contributed by atoms with van der Waals surface area (Å²) in [7, 11) is 0. The zero-order valence-corrected chi connectivity index (χ0v) is 11.2. The zero-order valence-electron chi connectivity index (χ0n) is 11.2. The van der Waals surface area contributed by atoms with Crippen LogP contribution in [0.15, 0.2) is 16.7 Å². The van der Waals surface area contributed by atoms with Crippen LogP contribution in [0.4, 0.5) is 13.2 Å². The second-order valence-corrected chi connectivity index (χ2v) is 5.18. The van der Waals surface area contributed by atoms with E-state index in [9.17, 15) is 13.2 Å². The molecule has 0 spiro atoms. The molecule has 1 aromatic carbocycles. The lowest BCUT2D eigenvalue weighted by Crippen LogP contribution is -2.30. The molecule has 1 unspecified atom stereocenters. The van der Waals surface area contributed by atoms with E-state index < -0.39 is 17.5 Å². The smallest absolute Gasteiger partial charge is 0.227 e. The molecule has 112 valence electrons. The SMILES string of the molecule is Fc1cc(-c2noc(CC3CCCNC3)n2)cc(F)c1F. The van der Waals surface area contributed by atoms with Gasteiger partial charge in [0.15, 0.2) is 17.5 Å². The van der Waals surface area contributed by atoms with Gasteiger partial charge in [-0.1, -0.05) is 5.16 Å². The summed E-state index contributed by atoms with van der Waals surface area (Å²) in [5.41, 5.74) is 0.0585. The average molecular weight is 297 g/mol. The minimum atomic E-state index is -1.50. The molecule has 2 aromatic rings. The Morgan fingerprint density at radius 2 is 2.00 bits per heavy atom. The summed E-state index contributed by atoms with van der Waals surface area (Å²) in [5, 5.41) is 6.99. The Hall–Kier alpha value is -1.89. The molecule has 4 nitrogen and oxygen atoms in total. The summed E-state index contributed by atoms with van der Waals surface area (Å²) in [6.45, 7) is 1.90. The molecule has 0 bridgehead atoms. The minimum Gasteiger partial charge on any atom is -0.339 e. The monoisotopic (exact) mass is 297 g/mol. The molecule has 1 atom stereocenters. The first-order chi connectivity index (χ1) is 10.1. The van der Waals surface area contributed by atoms with E-state index in [2.05, 4.69) is 15.5 Å². The van der Waals surface area contributed by atoms with Crippen molar-refractivity contribution in [1.29, 1.82) is 0 Å². The third kappa shape index (κ3) is 3.07. The summed E-state index contributed by atoms with van der Waals surface area (Å²) in [6.07, 6.45) is 2.79. The van der Waals surface area contributed by atoms with Gasteiger partial charge in [-0.15, -0.1) is 0 Å². The van der Waals surface area contributed by atoms with Crippen LogP contribution in [0, 0.1) is 23.4 Å². The summed E-state index contributed by atoms with van der Waals surface area (Å²) in [5.74, 6) is -3.15. The van der Waals surface area contributed by atoms with Crippen molar-refractivity contribution >= 4 is 0 Å². The lowest BCUT2D eigenvalue weighted by atomic mass is 9.96. The molecule has 1 N–H and O–H groups in total. The van der Waals surface area contributed by atoms with Crippen molar-refractivity contribution in [2.75, 3.05) is 13.1 Å². The van der Waals surface area contributed by atoms with E-state index in [4.69, 9.17) is 4.52 Å². The van der Waals surface area contributed by atoms with Gasteiger partial charge in [-0.2, -0.15) is 4.98 Å². The first-order valence-corrected chi connectivity index (χ1v) is 6.81.